The zero-order valence-corrected chi connectivity index (χ0v) is 25.1. The predicted octanol–water partition coefficient (Wildman–Crippen LogP) is 6.20. The Morgan fingerprint density at radius 3 is 1.27 bits per heavy atom. The molecule has 16 heteroatoms. The van der Waals surface area contributed by atoms with Crippen LogP contribution in [-0.4, -0.2) is 71.6 Å². The second-order valence-corrected chi connectivity index (χ2v) is 10.2. The van der Waals surface area contributed by atoms with Crippen molar-refractivity contribution in [3.8, 4) is 0 Å². The molecule has 0 radical (unpaired) electrons. The largest absolute Gasteiger partial charge is 0.445 e. The van der Waals surface area contributed by atoms with E-state index in [9.17, 15) is 35.9 Å². The SMILES string of the molecule is Cl.Cl.N[C@@H]1CCN(C(=O)OCc2ccccc2)[C@@H](C(F)(F)F)C1.N[C@H]1CCN(C(=O)OCc2ccccc2)[C@H](C(F)(F)F)C1. The van der Waals surface area contributed by atoms with Gasteiger partial charge in [-0.1, -0.05) is 60.7 Å². The van der Waals surface area contributed by atoms with Crippen LogP contribution in [0.2, 0.25) is 0 Å². The fraction of sp³-hybridized carbons (Fsp3) is 0.500. The molecule has 0 bridgehead atoms. The lowest BCUT2D eigenvalue weighted by Crippen LogP contribution is -2.55. The van der Waals surface area contributed by atoms with Crippen molar-refractivity contribution >= 4 is 37.0 Å². The Bertz CT molecular complexity index is 1060. The van der Waals surface area contributed by atoms with Crippen molar-refractivity contribution in [1.82, 2.24) is 9.80 Å². The van der Waals surface area contributed by atoms with Crippen molar-refractivity contribution in [2.24, 2.45) is 11.5 Å². The molecule has 8 nitrogen and oxygen atoms in total. The van der Waals surface area contributed by atoms with Crippen LogP contribution < -0.4 is 11.5 Å². The molecular weight excluding hydrogens is 641 g/mol. The fourth-order valence-corrected chi connectivity index (χ4v) is 4.65. The number of alkyl halides is 6. The summed E-state index contributed by atoms with van der Waals surface area (Å²) in [6.07, 6.45) is -10.8. The second kappa shape index (κ2) is 17.5. The number of carbonyl (C=O) groups excluding carboxylic acids is 2. The lowest BCUT2D eigenvalue weighted by Gasteiger charge is -2.38. The number of rotatable bonds is 4. The number of halogens is 8. The van der Waals surface area contributed by atoms with Crippen LogP contribution in [0.15, 0.2) is 60.7 Å². The van der Waals surface area contributed by atoms with Gasteiger partial charge in [0.05, 0.1) is 0 Å². The number of hydrogen-bond acceptors (Lipinski definition) is 6. The van der Waals surface area contributed by atoms with Crippen LogP contribution in [0.3, 0.4) is 0 Å². The summed E-state index contributed by atoms with van der Waals surface area (Å²) in [5, 5.41) is 0. The zero-order chi connectivity index (χ0) is 30.9. The van der Waals surface area contributed by atoms with Crippen molar-refractivity contribution in [1.29, 1.82) is 0 Å². The third-order valence-electron chi connectivity index (χ3n) is 6.92. The molecule has 2 fully saturated rings. The predicted molar refractivity (Wildman–Crippen MR) is 155 cm³/mol. The van der Waals surface area contributed by atoms with Crippen molar-refractivity contribution in [2.45, 2.75) is 75.4 Å². The number of benzene rings is 2. The van der Waals surface area contributed by atoms with Crippen LogP contribution in [0.1, 0.15) is 36.8 Å². The van der Waals surface area contributed by atoms with E-state index in [4.69, 9.17) is 20.9 Å². The smallest absolute Gasteiger partial charge is 0.410 e. The lowest BCUT2D eigenvalue weighted by atomic mass is 9.98. The van der Waals surface area contributed by atoms with E-state index in [1.807, 2.05) is 0 Å². The van der Waals surface area contributed by atoms with E-state index >= 15 is 0 Å². The lowest BCUT2D eigenvalue weighted by molar-refractivity contribution is -0.187. The van der Waals surface area contributed by atoms with E-state index in [1.54, 1.807) is 60.7 Å². The van der Waals surface area contributed by atoms with Gasteiger partial charge < -0.3 is 20.9 Å². The summed E-state index contributed by atoms with van der Waals surface area (Å²) in [7, 11) is 0. The fourth-order valence-electron chi connectivity index (χ4n) is 4.65. The van der Waals surface area contributed by atoms with E-state index < -0.39 is 48.7 Å². The Kier molecular flexibility index (Phi) is 15.6. The molecule has 4 atom stereocenters. The number of nitrogens with zero attached hydrogens (tertiary/aromatic N) is 2. The highest BCUT2D eigenvalue weighted by Crippen LogP contribution is 2.33. The molecule has 0 saturated carbocycles. The van der Waals surface area contributed by atoms with Gasteiger partial charge in [0, 0.05) is 25.2 Å². The van der Waals surface area contributed by atoms with Crippen molar-refractivity contribution < 1.29 is 45.4 Å². The minimum absolute atomic E-state index is 0. The summed E-state index contributed by atoms with van der Waals surface area (Å²) in [4.78, 5) is 25.3. The Balaban J connectivity index is 0.000000421. The summed E-state index contributed by atoms with van der Waals surface area (Å²) in [5.74, 6) is 0. The van der Waals surface area contributed by atoms with Gasteiger partial charge in [-0.15, -0.1) is 24.8 Å². The van der Waals surface area contributed by atoms with Crippen molar-refractivity contribution in [3.05, 3.63) is 71.8 Å². The van der Waals surface area contributed by atoms with Crippen LogP contribution in [0.5, 0.6) is 0 Å². The Morgan fingerprint density at radius 1 is 0.659 bits per heavy atom. The molecule has 4 N–H and O–H groups in total. The third-order valence-corrected chi connectivity index (χ3v) is 6.92. The van der Waals surface area contributed by atoms with Gasteiger partial charge in [0.25, 0.3) is 0 Å². The Labute approximate surface area is 263 Å². The molecule has 2 aliphatic heterocycles. The second-order valence-electron chi connectivity index (χ2n) is 10.2. The first kappa shape index (κ1) is 39.1. The number of piperidine rings is 2. The molecule has 2 amide bonds. The highest BCUT2D eigenvalue weighted by atomic mass is 35.5. The van der Waals surface area contributed by atoms with Gasteiger partial charge in [0.1, 0.15) is 25.3 Å². The van der Waals surface area contributed by atoms with E-state index in [0.29, 0.717) is 12.8 Å². The molecule has 2 aliphatic rings. The number of likely N-dealkylation sites (tertiary alicyclic amines) is 2. The summed E-state index contributed by atoms with van der Waals surface area (Å²) in [6.45, 7) is -0.183. The number of amides is 2. The maximum atomic E-state index is 13.0. The summed E-state index contributed by atoms with van der Waals surface area (Å²) in [5.41, 5.74) is 12.6. The number of carbonyl (C=O) groups is 2. The van der Waals surface area contributed by atoms with Gasteiger partial charge in [-0.05, 0) is 36.8 Å². The molecule has 2 aromatic carbocycles. The molecular formula is C28H36Cl2F6N4O4. The van der Waals surface area contributed by atoms with Crippen molar-refractivity contribution in [3.63, 3.8) is 0 Å². The Hall–Kier alpha value is -2.94. The van der Waals surface area contributed by atoms with Crippen LogP contribution in [0.25, 0.3) is 0 Å². The summed E-state index contributed by atoms with van der Waals surface area (Å²) in [6, 6.07) is 12.8. The first-order valence-corrected chi connectivity index (χ1v) is 13.3. The average Bonchev–Trinajstić information content (AvgIpc) is 2.95. The summed E-state index contributed by atoms with van der Waals surface area (Å²) < 4.78 is 87.8. The molecule has 0 aromatic heterocycles. The zero-order valence-electron chi connectivity index (χ0n) is 23.5. The quantitative estimate of drug-likeness (QED) is 0.373. The topological polar surface area (TPSA) is 111 Å². The van der Waals surface area contributed by atoms with Gasteiger partial charge in [-0.25, -0.2) is 9.59 Å². The monoisotopic (exact) mass is 676 g/mol. The third kappa shape index (κ3) is 11.9. The van der Waals surface area contributed by atoms with E-state index in [1.165, 1.54) is 0 Å². The highest BCUT2D eigenvalue weighted by molar-refractivity contribution is 5.85. The molecule has 0 aliphatic carbocycles. The molecule has 248 valence electrons. The van der Waals surface area contributed by atoms with Gasteiger partial charge in [0.15, 0.2) is 0 Å². The molecule has 2 aromatic rings. The van der Waals surface area contributed by atoms with Gasteiger partial charge in [-0.2, -0.15) is 26.3 Å². The van der Waals surface area contributed by atoms with E-state index in [2.05, 4.69) is 0 Å². The minimum atomic E-state index is -4.50. The van der Waals surface area contributed by atoms with Gasteiger partial charge >= 0.3 is 24.5 Å². The Morgan fingerprint density at radius 2 is 0.977 bits per heavy atom. The van der Waals surface area contributed by atoms with Crippen LogP contribution >= 0.6 is 24.8 Å². The highest BCUT2D eigenvalue weighted by Gasteiger charge is 2.49. The first-order valence-electron chi connectivity index (χ1n) is 13.3. The molecule has 2 saturated heterocycles. The van der Waals surface area contributed by atoms with Crippen LogP contribution in [0.4, 0.5) is 35.9 Å². The normalized spacial score (nSPS) is 21.9. The first-order chi connectivity index (χ1) is 19.8. The number of ether oxygens (including phenoxy) is 2. The summed E-state index contributed by atoms with van der Waals surface area (Å²) >= 11 is 0. The minimum Gasteiger partial charge on any atom is -0.445 e. The molecule has 44 heavy (non-hydrogen) atoms. The van der Waals surface area contributed by atoms with Crippen LogP contribution in [-0.2, 0) is 22.7 Å². The van der Waals surface area contributed by atoms with Gasteiger partial charge in [0.2, 0.25) is 0 Å². The standard InChI is InChI=1S/2C14H17F3N2O2.2ClH/c2*15-14(16,17)12-8-11(18)6-7-19(12)13(20)21-9-10-4-2-1-3-5-10;;/h2*1-5,11-12H,6-9,18H2;2*1H/t2*11-,12-;;/m10../s1. The molecule has 4 rings (SSSR count). The molecule has 0 unspecified atom stereocenters. The average molecular weight is 678 g/mol. The van der Waals surface area contributed by atoms with Gasteiger partial charge in [-0.3, -0.25) is 9.80 Å². The van der Waals surface area contributed by atoms with Crippen LogP contribution in [0, 0.1) is 0 Å². The van der Waals surface area contributed by atoms with E-state index in [0.717, 1.165) is 20.9 Å². The van der Waals surface area contributed by atoms with Crippen molar-refractivity contribution in [2.75, 3.05) is 13.1 Å². The number of hydrogen-bond donors (Lipinski definition) is 2. The number of nitrogens with two attached hydrogens (primary N) is 2. The maximum absolute atomic E-state index is 13.0. The maximum Gasteiger partial charge on any atom is 0.410 e. The molecule has 2 heterocycles. The van der Waals surface area contributed by atoms with E-state index in [-0.39, 0.29) is 64.0 Å². The molecule has 0 spiro atoms.